The van der Waals surface area contributed by atoms with Crippen LogP contribution in [0.25, 0.3) is 11.4 Å². The van der Waals surface area contributed by atoms with Crippen molar-refractivity contribution in [1.29, 1.82) is 0 Å². The van der Waals surface area contributed by atoms with Gasteiger partial charge >= 0.3 is 11.8 Å². The summed E-state index contributed by atoms with van der Waals surface area (Å²) < 4.78 is 16.1. The largest absolute Gasteiger partial charge is 0.493 e. The van der Waals surface area contributed by atoms with Gasteiger partial charge in [0.25, 0.3) is 11.8 Å². The van der Waals surface area contributed by atoms with Crippen molar-refractivity contribution in [3.63, 3.8) is 0 Å². The molecule has 160 valence electrons. The standard InChI is InChI=1S/C18H21N5O7/c1-5-18(2)15(25)23(16(26)19-18)20-13(24)9-22-14(21-30-17(22)27)10-6-7-11(28-3)12(8-10)29-4/h6-8H,5,9H2,1-4H3,(H,19,26)(H,20,24). The Hall–Kier alpha value is -3.83. The minimum absolute atomic E-state index is 0.0618. The molecule has 3 rings (SSSR count). The minimum atomic E-state index is -1.11. The van der Waals surface area contributed by atoms with Gasteiger partial charge in [-0.1, -0.05) is 12.1 Å². The van der Waals surface area contributed by atoms with Gasteiger partial charge in [-0.05, 0) is 31.5 Å². The van der Waals surface area contributed by atoms with E-state index in [-0.39, 0.29) is 5.82 Å². The number of urea groups is 1. The van der Waals surface area contributed by atoms with E-state index in [9.17, 15) is 19.2 Å². The molecule has 0 aliphatic carbocycles. The van der Waals surface area contributed by atoms with Crippen LogP contribution in [-0.2, 0) is 16.1 Å². The van der Waals surface area contributed by atoms with Gasteiger partial charge in [0.2, 0.25) is 0 Å². The molecule has 1 aliphatic rings. The molecule has 0 bridgehead atoms. The first-order valence-corrected chi connectivity index (χ1v) is 8.99. The molecule has 0 saturated carbocycles. The van der Waals surface area contributed by atoms with Crippen molar-refractivity contribution in [1.82, 2.24) is 25.5 Å². The topological polar surface area (TPSA) is 145 Å². The van der Waals surface area contributed by atoms with Crippen LogP contribution < -0.4 is 26.0 Å². The number of carbonyl (C=O) groups is 3. The van der Waals surface area contributed by atoms with Crippen LogP contribution in [0.1, 0.15) is 20.3 Å². The van der Waals surface area contributed by atoms with Gasteiger partial charge < -0.3 is 14.8 Å². The predicted molar refractivity (Wildman–Crippen MR) is 102 cm³/mol. The SMILES string of the molecule is CCC1(C)NC(=O)N(NC(=O)Cn2c(-c3ccc(OC)c(OC)c3)noc2=O)C1=O. The molecule has 4 amide bonds. The Morgan fingerprint density at radius 3 is 2.53 bits per heavy atom. The predicted octanol–water partition coefficient (Wildman–Crippen LogP) is 0.272. The van der Waals surface area contributed by atoms with Gasteiger partial charge in [-0.2, -0.15) is 5.01 Å². The number of methoxy groups -OCH3 is 2. The second-order valence-electron chi connectivity index (χ2n) is 6.72. The number of hydrazine groups is 1. The normalized spacial score (nSPS) is 18.3. The number of hydrogen-bond donors (Lipinski definition) is 2. The maximum Gasteiger partial charge on any atom is 0.442 e. The third-order valence-electron chi connectivity index (χ3n) is 4.83. The van der Waals surface area contributed by atoms with Crippen molar-refractivity contribution < 1.29 is 28.4 Å². The Balaban J connectivity index is 1.83. The maximum absolute atomic E-state index is 12.5. The van der Waals surface area contributed by atoms with E-state index in [4.69, 9.17) is 9.47 Å². The monoisotopic (exact) mass is 419 g/mol. The van der Waals surface area contributed by atoms with Crippen LogP contribution in [-0.4, -0.2) is 52.3 Å². The molecule has 2 N–H and O–H groups in total. The lowest BCUT2D eigenvalue weighted by molar-refractivity contribution is -0.139. The van der Waals surface area contributed by atoms with Crippen LogP contribution in [0.15, 0.2) is 27.5 Å². The lowest BCUT2D eigenvalue weighted by Gasteiger charge is -2.19. The lowest BCUT2D eigenvalue weighted by Crippen LogP contribution is -2.49. The Kier molecular flexibility index (Phi) is 5.49. The summed E-state index contributed by atoms with van der Waals surface area (Å²) in [5, 5.41) is 6.82. The van der Waals surface area contributed by atoms with Gasteiger partial charge in [0.1, 0.15) is 12.1 Å². The molecule has 12 heteroatoms. The number of ether oxygens (including phenoxy) is 2. The summed E-state index contributed by atoms with van der Waals surface area (Å²) in [6.07, 6.45) is 0.346. The van der Waals surface area contributed by atoms with E-state index in [1.165, 1.54) is 14.2 Å². The number of nitrogens with zero attached hydrogens (tertiary/aromatic N) is 3. The molecule has 1 atom stereocenters. The van der Waals surface area contributed by atoms with E-state index < -0.39 is 35.7 Å². The molecule has 1 fully saturated rings. The summed E-state index contributed by atoms with van der Waals surface area (Å²) in [6.45, 7) is 2.75. The third-order valence-corrected chi connectivity index (χ3v) is 4.83. The molecule has 30 heavy (non-hydrogen) atoms. The molecule has 0 radical (unpaired) electrons. The van der Waals surface area contributed by atoms with E-state index in [0.29, 0.717) is 28.5 Å². The van der Waals surface area contributed by atoms with Gasteiger partial charge in [-0.15, -0.1) is 0 Å². The number of rotatable bonds is 7. The number of hydrogen-bond acceptors (Lipinski definition) is 8. The number of aromatic nitrogens is 2. The molecule has 12 nitrogen and oxygen atoms in total. The fraction of sp³-hybridized carbons (Fsp3) is 0.389. The van der Waals surface area contributed by atoms with E-state index in [1.54, 1.807) is 32.0 Å². The first-order valence-electron chi connectivity index (χ1n) is 8.99. The van der Waals surface area contributed by atoms with Gasteiger partial charge in [0, 0.05) is 5.56 Å². The Morgan fingerprint density at radius 1 is 1.23 bits per heavy atom. The summed E-state index contributed by atoms with van der Waals surface area (Å²) in [6, 6.07) is 4.03. The third kappa shape index (κ3) is 3.58. The fourth-order valence-corrected chi connectivity index (χ4v) is 2.92. The molecular formula is C18H21N5O7. The summed E-state index contributed by atoms with van der Waals surface area (Å²) in [7, 11) is 2.93. The average molecular weight is 419 g/mol. The maximum atomic E-state index is 12.5. The highest BCUT2D eigenvalue weighted by atomic mass is 16.5. The molecule has 2 aromatic rings. The fourth-order valence-electron chi connectivity index (χ4n) is 2.92. The van der Waals surface area contributed by atoms with Gasteiger partial charge in [-0.3, -0.25) is 19.5 Å². The van der Waals surface area contributed by atoms with E-state index >= 15 is 0 Å². The average Bonchev–Trinajstić information content (AvgIpc) is 3.19. The molecule has 1 unspecified atom stereocenters. The molecule has 2 heterocycles. The molecule has 0 spiro atoms. The number of nitrogens with one attached hydrogen (secondary N) is 2. The van der Waals surface area contributed by atoms with Gasteiger partial charge in [0.15, 0.2) is 17.3 Å². The lowest BCUT2D eigenvalue weighted by atomic mass is 10.00. The molecule has 1 aliphatic heterocycles. The first-order chi connectivity index (χ1) is 14.2. The van der Waals surface area contributed by atoms with Crippen molar-refractivity contribution in [3.05, 3.63) is 28.7 Å². The van der Waals surface area contributed by atoms with Crippen LogP contribution >= 0.6 is 0 Å². The van der Waals surface area contributed by atoms with Crippen LogP contribution in [0.5, 0.6) is 11.5 Å². The Labute approximate surface area is 170 Å². The van der Waals surface area contributed by atoms with Crippen molar-refractivity contribution >= 4 is 17.8 Å². The highest BCUT2D eigenvalue weighted by Crippen LogP contribution is 2.31. The highest BCUT2D eigenvalue weighted by Gasteiger charge is 2.47. The number of imide groups is 1. The molecule has 1 aromatic heterocycles. The number of amides is 4. The summed E-state index contributed by atoms with van der Waals surface area (Å²) >= 11 is 0. The Morgan fingerprint density at radius 2 is 1.93 bits per heavy atom. The second-order valence-corrected chi connectivity index (χ2v) is 6.72. The van der Waals surface area contributed by atoms with Crippen molar-refractivity contribution in [2.75, 3.05) is 14.2 Å². The molecular weight excluding hydrogens is 398 g/mol. The smallest absolute Gasteiger partial charge is 0.442 e. The molecule has 1 aromatic carbocycles. The summed E-state index contributed by atoms with van der Waals surface area (Å²) in [5.41, 5.74) is 1.53. The van der Waals surface area contributed by atoms with Crippen molar-refractivity contribution in [2.24, 2.45) is 0 Å². The number of benzene rings is 1. The van der Waals surface area contributed by atoms with Gasteiger partial charge in [0.05, 0.1) is 14.2 Å². The van der Waals surface area contributed by atoms with E-state index in [0.717, 1.165) is 4.57 Å². The molecule has 1 saturated heterocycles. The van der Waals surface area contributed by atoms with Crippen LogP contribution in [0.2, 0.25) is 0 Å². The highest BCUT2D eigenvalue weighted by molar-refractivity contribution is 6.07. The first kappa shape index (κ1) is 20.9. The zero-order valence-electron chi connectivity index (χ0n) is 16.8. The van der Waals surface area contributed by atoms with Crippen LogP contribution in [0.3, 0.4) is 0 Å². The summed E-state index contributed by atoms with van der Waals surface area (Å²) in [4.78, 5) is 49.0. The summed E-state index contributed by atoms with van der Waals surface area (Å²) in [5.74, 6) is -1.35. The second kappa shape index (κ2) is 7.89. The quantitative estimate of drug-likeness (QED) is 0.609. The van der Waals surface area contributed by atoms with Crippen molar-refractivity contribution in [3.8, 4) is 22.9 Å². The van der Waals surface area contributed by atoms with Crippen LogP contribution in [0, 0.1) is 0 Å². The zero-order valence-corrected chi connectivity index (χ0v) is 16.8. The van der Waals surface area contributed by atoms with E-state index in [1.807, 2.05) is 0 Å². The van der Waals surface area contributed by atoms with Gasteiger partial charge in [-0.25, -0.2) is 14.2 Å². The van der Waals surface area contributed by atoms with E-state index in [2.05, 4.69) is 20.4 Å². The minimum Gasteiger partial charge on any atom is -0.493 e. The van der Waals surface area contributed by atoms with Crippen molar-refractivity contribution in [2.45, 2.75) is 32.4 Å². The van der Waals surface area contributed by atoms with Crippen LogP contribution in [0.4, 0.5) is 4.79 Å². The Bertz CT molecular complexity index is 1060. The number of carbonyl (C=O) groups excluding carboxylic acids is 3. The zero-order chi connectivity index (χ0) is 22.1.